The molecular formula is C41H26ClN3. The number of aromatic nitrogens is 3. The van der Waals surface area contributed by atoms with Crippen LogP contribution in [0.2, 0.25) is 5.15 Å². The summed E-state index contributed by atoms with van der Waals surface area (Å²) < 4.78 is 0. The largest absolute Gasteiger partial charge is 0.248 e. The third-order valence-corrected chi connectivity index (χ3v) is 8.44. The lowest BCUT2D eigenvalue weighted by Gasteiger charge is -2.14. The molecule has 0 aliphatic heterocycles. The van der Waals surface area contributed by atoms with Crippen LogP contribution in [-0.2, 0) is 0 Å². The zero-order valence-electron chi connectivity index (χ0n) is 24.2. The molecule has 4 heteroatoms. The van der Waals surface area contributed by atoms with Crippen molar-refractivity contribution in [2.45, 2.75) is 0 Å². The molecule has 6 aromatic carbocycles. The van der Waals surface area contributed by atoms with Crippen molar-refractivity contribution in [1.82, 2.24) is 15.0 Å². The lowest BCUT2D eigenvalue weighted by atomic mass is 9.92. The van der Waals surface area contributed by atoms with Crippen LogP contribution in [0.25, 0.3) is 77.8 Å². The van der Waals surface area contributed by atoms with E-state index < -0.39 is 0 Å². The number of rotatable bonds is 5. The van der Waals surface area contributed by atoms with E-state index in [1.54, 1.807) is 0 Å². The van der Waals surface area contributed by atoms with Crippen LogP contribution in [0.5, 0.6) is 0 Å². The molecule has 0 fully saturated rings. The number of halogens is 1. The van der Waals surface area contributed by atoms with Crippen LogP contribution in [0, 0.1) is 0 Å². The van der Waals surface area contributed by atoms with Crippen LogP contribution in [0.1, 0.15) is 0 Å². The van der Waals surface area contributed by atoms with Crippen molar-refractivity contribution < 1.29 is 0 Å². The molecule has 0 saturated heterocycles. The van der Waals surface area contributed by atoms with Crippen LogP contribution < -0.4 is 0 Å². The maximum absolute atomic E-state index is 6.72. The van der Waals surface area contributed by atoms with E-state index in [-0.39, 0.29) is 0 Å². The smallest absolute Gasteiger partial charge is 0.156 e. The average Bonchev–Trinajstić information content (AvgIpc) is 3.11. The molecule has 0 bridgehead atoms. The standard InChI is InChI=1S/C41H26ClN3/c42-41-40(44-36-20-9-10-21-37(36)45-41)35-23-22-32(33-18-7-8-19-34(33)35)29-16-11-17-30(24-29)39-26-31(27-12-3-1-4-13-27)25-38(43-39)28-14-5-2-6-15-28/h1-26H. The van der Waals surface area contributed by atoms with E-state index in [9.17, 15) is 0 Å². The van der Waals surface area contributed by atoms with Crippen molar-refractivity contribution in [3.05, 3.63) is 163 Å². The van der Waals surface area contributed by atoms with Crippen LogP contribution >= 0.6 is 11.6 Å². The van der Waals surface area contributed by atoms with Crippen molar-refractivity contribution in [2.24, 2.45) is 0 Å². The van der Waals surface area contributed by atoms with Gasteiger partial charge in [-0.15, -0.1) is 0 Å². The zero-order chi connectivity index (χ0) is 30.2. The van der Waals surface area contributed by atoms with Gasteiger partial charge in [0.1, 0.15) is 5.69 Å². The number of hydrogen-bond donors (Lipinski definition) is 0. The maximum atomic E-state index is 6.72. The molecule has 0 amide bonds. The summed E-state index contributed by atoms with van der Waals surface area (Å²) in [4.78, 5) is 14.7. The highest BCUT2D eigenvalue weighted by Gasteiger charge is 2.16. The van der Waals surface area contributed by atoms with Gasteiger partial charge in [-0.3, -0.25) is 0 Å². The summed E-state index contributed by atoms with van der Waals surface area (Å²) in [6.45, 7) is 0. The van der Waals surface area contributed by atoms with Crippen LogP contribution in [-0.4, -0.2) is 15.0 Å². The van der Waals surface area contributed by atoms with Crippen LogP contribution in [0.3, 0.4) is 0 Å². The van der Waals surface area contributed by atoms with Gasteiger partial charge in [0.2, 0.25) is 0 Å². The molecular weight excluding hydrogens is 570 g/mol. The van der Waals surface area contributed by atoms with E-state index >= 15 is 0 Å². The van der Waals surface area contributed by atoms with E-state index in [2.05, 4.69) is 126 Å². The summed E-state index contributed by atoms with van der Waals surface area (Å²) in [5, 5.41) is 2.59. The number of nitrogens with zero attached hydrogens (tertiary/aromatic N) is 3. The molecule has 212 valence electrons. The molecule has 0 radical (unpaired) electrons. The van der Waals surface area contributed by atoms with Crippen LogP contribution in [0.4, 0.5) is 0 Å². The van der Waals surface area contributed by atoms with Crippen molar-refractivity contribution in [1.29, 1.82) is 0 Å². The van der Waals surface area contributed by atoms with Gasteiger partial charge in [0.15, 0.2) is 5.15 Å². The van der Waals surface area contributed by atoms with Gasteiger partial charge in [-0.25, -0.2) is 15.0 Å². The Balaban J connectivity index is 1.27. The van der Waals surface area contributed by atoms with Crippen molar-refractivity contribution >= 4 is 33.4 Å². The van der Waals surface area contributed by atoms with Gasteiger partial charge in [0, 0.05) is 16.7 Å². The third-order valence-electron chi connectivity index (χ3n) is 8.18. The zero-order valence-corrected chi connectivity index (χ0v) is 25.0. The van der Waals surface area contributed by atoms with Crippen molar-refractivity contribution in [2.75, 3.05) is 0 Å². The first-order valence-electron chi connectivity index (χ1n) is 14.9. The summed E-state index contributed by atoms with van der Waals surface area (Å²) in [6, 6.07) is 54.3. The highest BCUT2D eigenvalue weighted by Crippen LogP contribution is 2.39. The molecule has 8 aromatic rings. The number of hydrogen-bond acceptors (Lipinski definition) is 3. The van der Waals surface area contributed by atoms with Crippen LogP contribution in [0.15, 0.2) is 158 Å². The minimum absolute atomic E-state index is 0.396. The normalized spacial score (nSPS) is 11.2. The van der Waals surface area contributed by atoms with Gasteiger partial charge in [0.05, 0.1) is 22.4 Å². The van der Waals surface area contributed by atoms with Gasteiger partial charge >= 0.3 is 0 Å². The average molecular weight is 596 g/mol. The number of fused-ring (bicyclic) bond motifs is 2. The monoisotopic (exact) mass is 595 g/mol. The fourth-order valence-electron chi connectivity index (χ4n) is 5.99. The predicted molar refractivity (Wildman–Crippen MR) is 187 cm³/mol. The lowest BCUT2D eigenvalue weighted by molar-refractivity contribution is 1.30. The Labute approximate surface area is 266 Å². The predicted octanol–water partition coefficient (Wildman–Crippen LogP) is 11.2. The van der Waals surface area contributed by atoms with Gasteiger partial charge in [-0.05, 0) is 63.4 Å². The quantitative estimate of drug-likeness (QED) is 0.199. The Bertz CT molecular complexity index is 2280. The molecule has 2 aromatic heterocycles. The summed E-state index contributed by atoms with van der Waals surface area (Å²) >= 11 is 6.72. The minimum Gasteiger partial charge on any atom is -0.248 e. The molecule has 2 heterocycles. The van der Waals surface area contributed by atoms with Gasteiger partial charge in [-0.1, -0.05) is 139 Å². The highest BCUT2D eigenvalue weighted by atomic mass is 35.5. The summed E-state index contributed by atoms with van der Waals surface area (Å²) in [7, 11) is 0. The first-order valence-corrected chi connectivity index (χ1v) is 15.3. The molecule has 0 unspecified atom stereocenters. The van der Waals surface area contributed by atoms with Gasteiger partial charge in [0.25, 0.3) is 0 Å². The summed E-state index contributed by atoms with van der Waals surface area (Å²) in [5.41, 5.74) is 11.8. The number of benzene rings is 6. The molecule has 0 spiro atoms. The first kappa shape index (κ1) is 26.9. The molecule has 3 nitrogen and oxygen atoms in total. The summed E-state index contributed by atoms with van der Waals surface area (Å²) in [6.07, 6.45) is 0. The molecule has 45 heavy (non-hydrogen) atoms. The fraction of sp³-hybridized carbons (Fsp3) is 0. The topological polar surface area (TPSA) is 38.7 Å². The van der Waals surface area contributed by atoms with Gasteiger partial charge < -0.3 is 0 Å². The maximum Gasteiger partial charge on any atom is 0.156 e. The molecule has 8 rings (SSSR count). The molecule has 0 N–H and O–H groups in total. The van der Waals surface area contributed by atoms with E-state index in [4.69, 9.17) is 21.6 Å². The van der Waals surface area contributed by atoms with E-state index in [0.717, 1.165) is 72.1 Å². The SMILES string of the molecule is Clc1nc2ccccc2nc1-c1ccc(-c2cccc(-c3cc(-c4ccccc4)cc(-c4ccccc4)n3)c2)c2ccccc12. The summed E-state index contributed by atoms with van der Waals surface area (Å²) in [5.74, 6) is 0. The van der Waals surface area contributed by atoms with Crippen molar-refractivity contribution in [3.8, 4) is 56.0 Å². The second-order valence-electron chi connectivity index (χ2n) is 11.0. The Kier molecular flexibility index (Phi) is 6.86. The van der Waals surface area contributed by atoms with Gasteiger partial charge in [-0.2, -0.15) is 0 Å². The Morgan fingerprint density at radius 2 is 0.889 bits per heavy atom. The van der Waals surface area contributed by atoms with E-state index in [0.29, 0.717) is 10.8 Å². The second kappa shape index (κ2) is 11.5. The first-order chi connectivity index (χ1) is 22.2. The van der Waals surface area contributed by atoms with E-state index in [1.165, 1.54) is 0 Å². The van der Waals surface area contributed by atoms with Crippen molar-refractivity contribution in [3.63, 3.8) is 0 Å². The molecule has 0 saturated carbocycles. The lowest BCUT2D eigenvalue weighted by Crippen LogP contribution is -1.94. The molecule has 0 aliphatic carbocycles. The molecule has 0 aliphatic rings. The highest BCUT2D eigenvalue weighted by molar-refractivity contribution is 6.32. The fourth-order valence-corrected chi connectivity index (χ4v) is 6.22. The number of pyridine rings is 1. The van der Waals surface area contributed by atoms with E-state index in [1.807, 2.05) is 36.4 Å². The second-order valence-corrected chi connectivity index (χ2v) is 11.4. The third kappa shape index (κ3) is 5.14. The molecule has 0 atom stereocenters. The number of para-hydroxylation sites is 2. The minimum atomic E-state index is 0.396. The Hall–Kier alpha value is -5.64. The Morgan fingerprint density at radius 1 is 0.356 bits per heavy atom. The Morgan fingerprint density at radius 3 is 1.62 bits per heavy atom.